The van der Waals surface area contributed by atoms with Crippen LogP contribution in [0.15, 0.2) is 84.9 Å². The van der Waals surface area contributed by atoms with E-state index in [0.29, 0.717) is 11.3 Å². The van der Waals surface area contributed by atoms with Crippen LogP contribution in [0.1, 0.15) is 80.4 Å². The van der Waals surface area contributed by atoms with Gasteiger partial charge in [-0.15, -0.1) is 11.3 Å². The van der Waals surface area contributed by atoms with Crippen LogP contribution in [0.5, 0.6) is 0 Å². The second-order valence-electron chi connectivity index (χ2n) is 20.6. The lowest BCUT2D eigenvalue weighted by Crippen LogP contribution is -2.59. The lowest BCUT2D eigenvalue weighted by atomic mass is 9.38. The van der Waals surface area contributed by atoms with Gasteiger partial charge in [0.05, 0.1) is 15.7 Å². The summed E-state index contributed by atoms with van der Waals surface area (Å²) in [5.74, 6) is 7.43. The Morgan fingerprint density at radius 3 is 2.48 bits per heavy atom. The van der Waals surface area contributed by atoms with Crippen molar-refractivity contribution in [2.75, 3.05) is 0 Å². The zero-order chi connectivity index (χ0) is 36.0. The smallest absolute Gasteiger partial charge is 0.197 e. The first-order valence-electron chi connectivity index (χ1n) is 22.1. The quantitative estimate of drug-likeness (QED) is 0.174. The molecule has 8 aromatic rings. The normalized spacial score (nSPS) is 34.9. The fourth-order valence-corrected chi connectivity index (χ4v) is 17.9. The minimum Gasteiger partial charge on any atom is -0.354 e. The molecule has 4 bridgehead atoms. The molecule has 271 valence electrons. The SMILES string of the molecule is Cc1cc(-c2cc(C3C4CCC5CC(C4)C53)cc3c2[nH]c2ccc(C45CC6CC7CC(C4)C76C5)cc23)c2c(c1)-n1c3c(cccc3c3sc4ccccc4c31)[B]2. The van der Waals surface area contributed by atoms with Crippen LogP contribution in [0.3, 0.4) is 0 Å². The Morgan fingerprint density at radius 1 is 0.732 bits per heavy atom. The van der Waals surface area contributed by atoms with Gasteiger partial charge in [0.15, 0.2) is 7.28 Å². The van der Waals surface area contributed by atoms with Gasteiger partial charge in [-0.05, 0) is 187 Å². The summed E-state index contributed by atoms with van der Waals surface area (Å²) in [5.41, 5.74) is 18.0. The van der Waals surface area contributed by atoms with Crippen molar-refractivity contribution in [2.45, 2.75) is 76.0 Å². The van der Waals surface area contributed by atoms with E-state index in [0.717, 1.165) is 46.8 Å². The second-order valence-corrected chi connectivity index (χ2v) is 21.6. The van der Waals surface area contributed by atoms with Crippen LogP contribution >= 0.6 is 11.3 Å². The van der Waals surface area contributed by atoms with Crippen molar-refractivity contribution in [3.8, 4) is 16.8 Å². The first-order valence-corrected chi connectivity index (χ1v) is 22.9. The predicted molar refractivity (Wildman–Crippen MR) is 234 cm³/mol. The number of H-pyrrole nitrogens is 1. The summed E-state index contributed by atoms with van der Waals surface area (Å²) >= 11 is 1.96. The molecule has 7 aliphatic carbocycles. The van der Waals surface area contributed by atoms with E-state index in [9.17, 15) is 0 Å². The van der Waals surface area contributed by atoms with Crippen LogP contribution < -0.4 is 10.9 Å². The molecule has 1 radical (unpaired) electrons. The molecule has 2 nitrogen and oxygen atoms in total. The molecule has 8 aliphatic rings. The standard InChI is InChI=1S/C52H44BN2S/c1-25-13-37(46-42(14-25)55-48-35(6-4-7-40(48)53-46)50-49(55)34-5-2-3-8-43(34)56-50)39-18-29(45-27-10-9-26-15-28(16-27)44(26)45)17-38-36-21-30(11-12-41(36)54-47(38)39)51-22-32-19-31-20-33(23-51)52(31,32)24-51/h2-8,11-14,17-18,21,26-28,31-33,44-45,54H,9-10,15-16,19-20,22-24H2,1H3. The molecule has 1 N–H and O–H groups in total. The van der Waals surface area contributed by atoms with Gasteiger partial charge in [-0.2, -0.15) is 0 Å². The number of nitrogens with zero attached hydrogens (tertiary/aromatic N) is 1. The summed E-state index contributed by atoms with van der Waals surface area (Å²) in [6.45, 7) is 2.33. The number of aromatic nitrogens is 2. The Balaban J connectivity index is 0.961. The molecule has 4 heteroatoms. The predicted octanol–water partition coefficient (Wildman–Crippen LogP) is 11.8. The molecule has 7 unspecified atom stereocenters. The van der Waals surface area contributed by atoms with Crippen molar-refractivity contribution in [3.63, 3.8) is 0 Å². The van der Waals surface area contributed by atoms with Gasteiger partial charge in [0.2, 0.25) is 0 Å². The number of rotatable bonds is 3. The lowest BCUT2D eigenvalue weighted by Gasteiger charge is -2.66. The molecule has 1 spiro atoms. The lowest BCUT2D eigenvalue weighted by molar-refractivity contribution is -0.175. The minimum absolute atomic E-state index is 0.416. The molecule has 56 heavy (non-hydrogen) atoms. The van der Waals surface area contributed by atoms with Crippen LogP contribution in [0.4, 0.5) is 0 Å². The number of fused-ring (bicyclic) bond motifs is 12. The highest BCUT2D eigenvalue weighted by atomic mass is 32.1. The van der Waals surface area contributed by atoms with Gasteiger partial charge in [-0.25, -0.2) is 0 Å². The van der Waals surface area contributed by atoms with E-state index in [1.165, 1.54) is 144 Å². The van der Waals surface area contributed by atoms with E-state index < -0.39 is 0 Å². The molecule has 0 saturated heterocycles. The Kier molecular flexibility index (Phi) is 5.09. The van der Waals surface area contributed by atoms with Crippen LogP contribution in [-0.2, 0) is 5.41 Å². The second kappa shape index (κ2) is 9.53. The van der Waals surface area contributed by atoms with Crippen molar-refractivity contribution in [3.05, 3.63) is 102 Å². The number of hydrogen-bond acceptors (Lipinski definition) is 1. The van der Waals surface area contributed by atoms with E-state index in [1.54, 1.807) is 11.1 Å². The summed E-state index contributed by atoms with van der Waals surface area (Å²) < 4.78 is 5.43. The molecule has 0 amide bonds. The minimum atomic E-state index is 0.416. The van der Waals surface area contributed by atoms with Gasteiger partial charge in [-0.1, -0.05) is 54.0 Å². The summed E-state index contributed by atoms with van der Waals surface area (Å²) in [6, 6.07) is 34.2. The van der Waals surface area contributed by atoms with Crippen LogP contribution in [0.25, 0.3) is 69.8 Å². The number of aryl methyl sites for hydroxylation is 1. The van der Waals surface area contributed by atoms with Crippen molar-refractivity contribution in [1.82, 2.24) is 9.55 Å². The number of benzene rings is 5. The molecule has 7 fully saturated rings. The number of nitrogens with one attached hydrogen (secondary N) is 1. The third-order valence-electron chi connectivity index (χ3n) is 18.7. The monoisotopic (exact) mass is 739 g/mol. The number of aromatic amines is 1. The molecule has 1 aliphatic heterocycles. The summed E-state index contributed by atoms with van der Waals surface area (Å²) in [4.78, 5) is 4.13. The highest BCUT2D eigenvalue weighted by molar-refractivity contribution is 7.26. The molecule has 7 saturated carbocycles. The number of hydrogen-bond donors (Lipinski definition) is 1. The molecule has 4 heterocycles. The maximum absolute atomic E-state index is 4.13. The van der Waals surface area contributed by atoms with E-state index >= 15 is 0 Å². The largest absolute Gasteiger partial charge is 0.354 e. The van der Waals surface area contributed by atoms with Gasteiger partial charge in [0, 0.05) is 48.5 Å². The van der Waals surface area contributed by atoms with Crippen LogP contribution in [-0.4, -0.2) is 16.8 Å². The Morgan fingerprint density at radius 2 is 1.59 bits per heavy atom. The molecular formula is C52H44BN2S. The molecule has 3 aromatic heterocycles. The number of thiophene rings is 1. The topological polar surface area (TPSA) is 20.7 Å². The maximum Gasteiger partial charge on any atom is 0.197 e. The first-order chi connectivity index (χ1) is 27.5. The highest BCUT2D eigenvalue weighted by Gasteiger charge is 2.77. The van der Waals surface area contributed by atoms with Crippen molar-refractivity contribution >= 4 is 82.6 Å². The third kappa shape index (κ3) is 3.25. The molecular weight excluding hydrogens is 695 g/mol. The van der Waals surface area contributed by atoms with Gasteiger partial charge in [0.25, 0.3) is 0 Å². The zero-order valence-electron chi connectivity index (χ0n) is 32.0. The summed E-state index contributed by atoms with van der Waals surface area (Å²) in [5, 5.41) is 5.70. The highest BCUT2D eigenvalue weighted by Crippen LogP contribution is 2.84. The Labute approximate surface area is 331 Å². The van der Waals surface area contributed by atoms with E-state index in [4.69, 9.17) is 0 Å². The van der Waals surface area contributed by atoms with Crippen LogP contribution in [0.2, 0.25) is 0 Å². The van der Waals surface area contributed by atoms with Crippen molar-refractivity contribution in [1.29, 1.82) is 0 Å². The van der Waals surface area contributed by atoms with Gasteiger partial charge < -0.3 is 9.55 Å². The third-order valence-corrected chi connectivity index (χ3v) is 19.9. The first kappa shape index (κ1) is 29.9. The maximum atomic E-state index is 4.13. The molecule has 5 aromatic carbocycles. The summed E-state index contributed by atoms with van der Waals surface area (Å²) in [6.07, 6.45) is 13.3. The van der Waals surface area contributed by atoms with E-state index in [2.05, 4.69) is 109 Å². The van der Waals surface area contributed by atoms with E-state index in [1.807, 2.05) is 11.3 Å². The average Bonchev–Trinajstić information content (AvgIpc) is 3.98. The zero-order valence-corrected chi connectivity index (χ0v) is 32.8. The van der Waals surface area contributed by atoms with Gasteiger partial charge >= 0.3 is 0 Å². The van der Waals surface area contributed by atoms with Gasteiger partial charge in [-0.3, -0.25) is 0 Å². The van der Waals surface area contributed by atoms with Gasteiger partial charge in [0.1, 0.15) is 0 Å². The fraction of sp³-hybridized carbons (Fsp3) is 0.385. The molecule has 7 atom stereocenters. The average molecular weight is 740 g/mol. The molecule has 16 rings (SSSR count). The van der Waals surface area contributed by atoms with Crippen LogP contribution in [0, 0.1) is 53.8 Å². The Bertz CT molecular complexity index is 3130. The Hall–Kier alpha value is -4.28. The fourth-order valence-electron chi connectivity index (χ4n) is 16.7. The summed E-state index contributed by atoms with van der Waals surface area (Å²) in [7, 11) is 2.53. The van der Waals surface area contributed by atoms with Crippen molar-refractivity contribution in [2.24, 2.45) is 46.8 Å². The number of para-hydroxylation sites is 1. The van der Waals surface area contributed by atoms with E-state index in [-0.39, 0.29) is 0 Å². The van der Waals surface area contributed by atoms with Crippen molar-refractivity contribution < 1.29 is 0 Å².